The van der Waals surface area contributed by atoms with Crippen LogP contribution in [0.5, 0.6) is 0 Å². The quantitative estimate of drug-likeness (QED) is 0.686. The molecule has 0 spiro atoms. The van der Waals surface area contributed by atoms with Gasteiger partial charge in [-0.1, -0.05) is 29.8 Å². The van der Waals surface area contributed by atoms with E-state index in [1.54, 1.807) is 0 Å². The van der Waals surface area contributed by atoms with Gasteiger partial charge in [-0.25, -0.2) is 4.98 Å². The van der Waals surface area contributed by atoms with Crippen molar-refractivity contribution in [3.8, 4) is 0 Å². The highest BCUT2D eigenvalue weighted by molar-refractivity contribution is 5.86. The van der Waals surface area contributed by atoms with Crippen LogP contribution in [0.2, 0.25) is 0 Å². The highest BCUT2D eigenvalue weighted by Crippen LogP contribution is 2.20. The fourth-order valence-electron chi connectivity index (χ4n) is 2.36. The number of nitrogen functional groups attached to an aromatic ring is 1. The number of hydrogen-bond acceptors (Lipinski definition) is 2. The first-order valence-corrected chi connectivity index (χ1v) is 6.43. The third-order valence-electron chi connectivity index (χ3n) is 3.46. The van der Waals surface area contributed by atoms with Gasteiger partial charge in [-0.2, -0.15) is 0 Å². The smallest absolute Gasteiger partial charge is 0.111 e. The Bertz CT molecular complexity index is 741. The molecule has 19 heavy (non-hydrogen) atoms. The number of nitrogens with two attached hydrogens (primary N) is 1. The van der Waals surface area contributed by atoms with Gasteiger partial charge in [0.1, 0.15) is 11.3 Å². The molecule has 0 aliphatic heterocycles. The maximum Gasteiger partial charge on any atom is 0.111 e. The molecule has 0 unspecified atom stereocenters. The molecule has 0 amide bonds. The summed E-state index contributed by atoms with van der Waals surface area (Å²) >= 11 is 0. The van der Waals surface area contributed by atoms with Crippen LogP contribution >= 0.6 is 0 Å². The van der Waals surface area contributed by atoms with E-state index in [-0.39, 0.29) is 0 Å². The summed E-state index contributed by atoms with van der Waals surface area (Å²) in [5.41, 5.74) is 12.4. The van der Waals surface area contributed by atoms with Crippen molar-refractivity contribution in [1.29, 1.82) is 0 Å². The molecule has 96 valence electrons. The number of para-hydroxylation sites is 1. The lowest BCUT2D eigenvalue weighted by molar-refractivity contribution is 1.02. The van der Waals surface area contributed by atoms with E-state index >= 15 is 0 Å². The summed E-state index contributed by atoms with van der Waals surface area (Å²) in [6.07, 6.45) is 0.807. The first-order chi connectivity index (χ1) is 9.13. The molecule has 1 aromatic heterocycles. The predicted octanol–water partition coefficient (Wildman–Crippen LogP) is 3.35. The van der Waals surface area contributed by atoms with Crippen LogP contribution in [0.25, 0.3) is 11.0 Å². The van der Waals surface area contributed by atoms with Crippen molar-refractivity contribution >= 4 is 16.7 Å². The molecule has 0 saturated carbocycles. The van der Waals surface area contributed by atoms with E-state index in [9.17, 15) is 0 Å². The fraction of sp³-hybridized carbons (Fsp3) is 0.188. The number of aromatic amines is 1. The second-order valence-corrected chi connectivity index (χ2v) is 5.03. The standard InChI is InChI=1S/C16H17N3/c1-10-6-7-11(2)12(8-10)9-15-18-14-5-3-4-13(17)16(14)19-15/h3-8H,9,17H2,1-2H3,(H,18,19). The summed E-state index contributed by atoms with van der Waals surface area (Å²) in [6.45, 7) is 4.24. The van der Waals surface area contributed by atoms with Crippen LogP contribution in [0, 0.1) is 13.8 Å². The summed E-state index contributed by atoms with van der Waals surface area (Å²) in [6, 6.07) is 12.3. The summed E-state index contributed by atoms with van der Waals surface area (Å²) in [5, 5.41) is 0. The van der Waals surface area contributed by atoms with Gasteiger partial charge in [0, 0.05) is 6.42 Å². The maximum atomic E-state index is 5.93. The molecule has 3 aromatic rings. The second-order valence-electron chi connectivity index (χ2n) is 5.03. The van der Waals surface area contributed by atoms with Gasteiger partial charge in [0.25, 0.3) is 0 Å². The van der Waals surface area contributed by atoms with Gasteiger partial charge >= 0.3 is 0 Å². The summed E-state index contributed by atoms with van der Waals surface area (Å²) in [7, 11) is 0. The molecule has 3 rings (SSSR count). The minimum Gasteiger partial charge on any atom is -0.397 e. The Morgan fingerprint density at radius 3 is 2.79 bits per heavy atom. The first kappa shape index (κ1) is 11.8. The van der Waals surface area contributed by atoms with Gasteiger partial charge in [-0.05, 0) is 37.1 Å². The molecule has 3 nitrogen and oxygen atoms in total. The van der Waals surface area contributed by atoms with Crippen molar-refractivity contribution in [3.05, 3.63) is 58.9 Å². The molecule has 3 N–H and O–H groups in total. The number of aryl methyl sites for hydroxylation is 2. The molecular weight excluding hydrogens is 234 g/mol. The van der Waals surface area contributed by atoms with Crippen molar-refractivity contribution in [3.63, 3.8) is 0 Å². The lowest BCUT2D eigenvalue weighted by atomic mass is 10.0. The summed E-state index contributed by atoms with van der Waals surface area (Å²) < 4.78 is 0. The second kappa shape index (κ2) is 4.43. The van der Waals surface area contributed by atoms with Crippen LogP contribution in [0.1, 0.15) is 22.5 Å². The van der Waals surface area contributed by atoms with Crippen LogP contribution in [0.15, 0.2) is 36.4 Å². The van der Waals surface area contributed by atoms with Crippen LogP contribution in [-0.2, 0) is 6.42 Å². The molecule has 0 atom stereocenters. The van der Waals surface area contributed by atoms with Crippen LogP contribution in [0.4, 0.5) is 5.69 Å². The van der Waals surface area contributed by atoms with Gasteiger partial charge in [0.15, 0.2) is 0 Å². The van der Waals surface area contributed by atoms with E-state index in [0.29, 0.717) is 0 Å². The van der Waals surface area contributed by atoms with Crippen molar-refractivity contribution in [2.45, 2.75) is 20.3 Å². The number of aromatic nitrogens is 2. The Labute approximate surface area is 112 Å². The monoisotopic (exact) mass is 251 g/mol. The Balaban J connectivity index is 2.01. The summed E-state index contributed by atoms with van der Waals surface area (Å²) in [5.74, 6) is 0.960. The van der Waals surface area contributed by atoms with E-state index in [1.807, 2.05) is 18.2 Å². The zero-order valence-corrected chi connectivity index (χ0v) is 11.2. The molecule has 0 aliphatic rings. The minimum atomic E-state index is 0.723. The van der Waals surface area contributed by atoms with Gasteiger partial charge in [0.2, 0.25) is 0 Å². The number of fused-ring (bicyclic) bond motifs is 1. The van der Waals surface area contributed by atoms with Crippen LogP contribution < -0.4 is 5.73 Å². The SMILES string of the molecule is Cc1ccc(C)c(Cc2nc3c(N)cccc3[nH]2)c1. The number of imidazole rings is 1. The number of hydrogen-bond donors (Lipinski definition) is 2. The van der Waals surface area contributed by atoms with Gasteiger partial charge in [-0.15, -0.1) is 0 Å². The zero-order chi connectivity index (χ0) is 13.4. The molecule has 3 heteroatoms. The van der Waals surface area contributed by atoms with Gasteiger partial charge in [-0.3, -0.25) is 0 Å². The highest BCUT2D eigenvalue weighted by atomic mass is 14.9. The van der Waals surface area contributed by atoms with Crippen molar-refractivity contribution in [2.24, 2.45) is 0 Å². The van der Waals surface area contributed by atoms with Crippen molar-refractivity contribution < 1.29 is 0 Å². The lowest BCUT2D eigenvalue weighted by Crippen LogP contribution is -1.94. The predicted molar refractivity (Wildman–Crippen MR) is 79.2 cm³/mol. The number of H-pyrrole nitrogens is 1. The number of nitrogens with zero attached hydrogens (tertiary/aromatic N) is 1. The molecule has 0 bridgehead atoms. The third-order valence-corrected chi connectivity index (χ3v) is 3.46. The molecule has 2 aromatic carbocycles. The highest BCUT2D eigenvalue weighted by Gasteiger charge is 2.07. The topological polar surface area (TPSA) is 54.7 Å². The van der Waals surface area contributed by atoms with E-state index in [0.717, 1.165) is 29.0 Å². The lowest BCUT2D eigenvalue weighted by Gasteiger charge is -2.04. The van der Waals surface area contributed by atoms with Crippen molar-refractivity contribution in [2.75, 3.05) is 5.73 Å². The number of benzene rings is 2. The van der Waals surface area contributed by atoms with Gasteiger partial charge in [0.05, 0.1) is 11.2 Å². The van der Waals surface area contributed by atoms with Crippen LogP contribution in [-0.4, -0.2) is 9.97 Å². The zero-order valence-electron chi connectivity index (χ0n) is 11.2. The number of nitrogens with one attached hydrogen (secondary N) is 1. The van der Waals surface area contributed by atoms with E-state index in [1.165, 1.54) is 16.7 Å². The van der Waals surface area contributed by atoms with Gasteiger partial charge < -0.3 is 10.7 Å². The Morgan fingerprint density at radius 2 is 2.00 bits per heavy atom. The maximum absolute atomic E-state index is 5.93. The fourth-order valence-corrected chi connectivity index (χ4v) is 2.36. The molecule has 0 saturated heterocycles. The normalized spacial score (nSPS) is 11.1. The number of rotatable bonds is 2. The van der Waals surface area contributed by atoms with Crippen LogP contribution in [0.3, 0.4) is 0 Å². The third kappa shape index (κ3) is 2.19. The molecular formula is C16H17N3. The van der Waals surface area contributed by atoms with E-state index in [4.69, 9.17) is 5.73 Å². The Morgan fingerprint density at radius 1 is 1.16 bits per heavy atom. The van der Waals surface area contributed by atoms with E-state index < -0.39 is 0 Å². The average molecular weight is 251 g/mol. The number of anilines is 1. The average Bonchev–Trinajstić information content (AvgIpc) is 2.78. The van der Waals surface area contributed by atoms with Crippen molar-refractivity contribution in [1.82, 2.24) is 9.97 Å². The summed E-state index contributed by atoms with van der Waals surface area (Å²) in [4.78, 5) is 7.94. The Hall–Kier alpha value is -2.29. The largest absolute Gasteiger partial charge is 0.397 e. The molecule has 0 radical (unpaired) electrons. The molecule has 1 heterocycles. The Kier molecular flexibility index (Phi) is 2.75. The molecule has 0 fully saturated rings. The molecule has 0 aliphatic carbocycles. The van der Waals surface area contributed by atoms with E-state index in [2.05, 4.69) is 42.0 Å². The minimum absolute atomic E-state index is 0.723. The first-order valence-electron chi connectivity index (χ1n) is 6.43.